The quantitative estimate of drug-likeness (QED) is 0.456. The SMILES string of the molecule is NC(=Nc1ccccc1I)NC1C2CC3CC(C2)CC1C3. The minimum Gasteiger partial charge on any atom is -0.370 e. The van der Waals surface area contributed by atoms with E-state index >= 15 is 0 Å². The third kappa shape index (κ3) is 2.67. The van der Waals surface area contributed by atoms with Gasteiger partial charge >= 0.3 is 0 Å². The first kappa shape index (κ1) is 13.9. The summed E-state index contributed by atoms with van der Waals surface area (Å²) in [5.41, 5.74) is 7.15. The van der Waals surface area contributed by atoms with Crippen LogP contribution < -0.4 is 11.1 Å². The van der Waals surface area contributed by atoms with E-state index < -0.39 is 0 Å². The lowest BCUT2D eigenvalue weighted by Gasteiger charge is -2.54. The van der Waals surface area contributed by atoms with E-state index in [1.54, 1.807) is 0 Å². The van der Waals surface area contributed by atoms with Crippen molar-refractivity contribution in [3.63, 3.8) is 0 Å². The fraction of sp³-hybridized carbons (Fsp3) is 0.588. The maximum Gasteiger partial charge on any atom is 0.194 e. The Morgan fingerprint density at radius 3 is 2.29 bits per heavy atom. The molecule has 0 amide bonds. The van der Waals surface area contributed by atoms with Crippen molar-refractivity contribution in [1.29, 1.82) is 0 Å². The molecule has 4 saturated carbocycles. The van der Waals surface area contributed by atoms with Crippen LogP contribution in [-0.4, -0.2) is 12.0 Å². The summed E-state index contributed by atoms with van der Waals surface area (Å²) in [6.45, 7) is 0. The zero-order chi connectivity index (χ0) is 14.4. The number of nitrogens with zero attached hydrogens (tertiary/aromatic N) is 1. The van der Waals surface area contributed by atoms with Gasteiger partial charge in [0.15, 0.2) is 5.96 Å². The smallest absolute Gasteiger partial charge is 0.194 e. The summed E-state index contributed by atoms with van der Waals surface area (Å²) in [6.07, 6.45) is 7.11. The van der Waals surface area contributed by atoms with Crippen LogP contribution in [0.5, 0.6) is 0 Å². The van der Waals surface area contributed by atoms with Crippen LogP contribution in [-0.2, 0) is 0 Å². The van der Waals surface area contributed by atoms with Crippen molar-refractivity contribution in [3.05, 3.63) is 27.8 Å². The molecule has 5 rings (SSSR count). The predicted molar refractivity (Wildman–Crippen MR) is 94.4 cm³/mol. The highest BCUT2D eigenvalue weighted by molar-refractivity contribution is 14.1. The molecule has 0 aliphatic heterocycles. The Kier molecular flexibility index (Phi) is 3.59. The molecular weight excluding hydrogens is 373 g/mol. The van der Waals surface area contributed by atoms with Crippen LogP contribution in [0, 0.1) is 27.2 Å². The Labute approximate surface area is 139 Å². The van der Waals surface area contributed by atoms with Crippen LogP contribution in [0.3, 0.4) is 0 Å². The summed E-state index contributed by atoms with van der Waals surface area (Å²) in [5, 5.41) is 3.56. The minimum atomic E-state index is 0.558. The molecule has 0 aromatic heterocycles. The molecule has 0 heterocycles. The molecule has 4 fully saturated rings. The van der Waals surface area contributed by atoms with E-state index in [1.165, 1.54) is 32.1 Å². The number of hydrogen-bond acceptors (Lipinski definition) is 1. The van der Waals surface area contributed by atoms with Gasteiger partial charge in [0, 0.05) is 9.61 Å². The first-order chi connectivity index (χ1) is 10.2. The lowest BCUT2D eigenvalue weighted by Crippen LogP contribution is -2.57. The number of benzene rings is 1. The average molecular weight is 395 g/mol. The van der Waals surface area contributed by atoms with E-state index in [-0.39, 0.29) is 0 Å². The number of nitrogens with two attached hydrogens (primary N) is 1. The predicted octanol–water partition coefficient (Wildman–Crippen LogP) is 3.65. The van der Waals surface area contributed by atoms with E-state index in [2.05, 4.69) is 39.0 Å². The molecular formula is C17H22IN3. The Morgan fingerprint density at radius 1 is 1.05 bits per heavy atom. The van der Waals surface area contributed by atoms with E-state index in [0.717, 1.165) is 32.9 Å². The number of halogens is 1. The highest BCUT2D eigenvalue weighted by Crippen LogP contribution is 2.53. The third-order valence-electron chi connectivity index (χ3n) is 5.63. The van der Waals surface area contributed by atoms with Crippen LogP contribution in [0.15, 0.2) is 29.3 Å². The number of hydrogen-bond donors (Lipinski definition) is 2. The van der Waals surface area contributed by atoms with Gasteiger partial charge in [-0.25, -0.2) is 4.99 Å². The van der Waals surface area contributed by atoms with Crippen molar-refractivity contribution in [2.45, 2.75) is 38.1 Å². The zero-order valence-electron chi connectivity index (χ0n) is 12.1. The minimum absolute atomic E-state index is 0.558. The van der Waals surface area contributed by atoms with Crippen LogP contribution >= 0.6 is 22.6 Å². The Bertz CT molecular complexity index is 541. The molecule has 3 N–H and O–H groups in total. The fourth-order valence-corrected chi connectivity index (χ4v) is 5.54. The second-order valence-electron chi connectivity index (χ2n) is 7.05. The van der Waals surface area contributed by atoms with Gasteiger partial charge in [-0.2, -0.15) is 0 Å². The van der Waals surface area contributed by atoms with Crippen molar-refractivity contribution in [2.75, 3.05) is 0 Å². The molecule has 0 atom stereocenters. The first-order valence-corrected chi connectivity index (χ1v) is 9.12. The molecule has 0 unspecified atom stereocenters. The summed E-state index contributed by atoms with van der Waals surface area (Å²) < 4.78 is 1.14. The van der Waals surface area contributed by atoms with Crippen LogP contribution in [0.1, 0.15) is 32.1 Å². The molecule has 0 spiro atoms. The lowest BCUT2D eigenvalue weighted by atomic mass is 9.54. The largest absolute Gasteiger partial charge is 0.370 e. The second-order valence-corrected chi connectivity index (χ2v) is 8.21. The van der Waals surface area contributed by atoms with Gasteiger partial charge in [0.05, 0.1) is 5.69 Å². The molecule has 4 heteroatoms. The topological polar surface area (TPSA) is 50.4 Å². The molecule has 1 aromatic carbocycles. The van der Waals surface area contributed by atoms with Gasteiger partial charge in [0.1, 0.15) is 0 Å². The van der Waals surface area contributed by atoms with E-state index in [4.69, 9.17) is 5.73 Å². The summed E-state index contributed by atoms with van der Waals surface area (Å²) >= 11 is 2.31. The van der Waals surface area contributed by atoms with Crippen molar-refractivity contribution >= 4 is 34.2 Å². The third-order valence-corrected chi connectivity index (χ3v) is 6.55. The van der Waals surface area contributed by atoms with Crippen molar-refractivity contribution in [3.8, 4) is 0 Å². The normalized spacial score (nSPS) is 37.8. The van der Waals surface area contributed by atoms with Crippen molar-refractivity contribution in [2.24, 2.45) is 34.4 Å². The van der Waals surface area contributed by atoms with Gasteiger partial charge in [-0.1, -0.05) is 12.1 Å². The Hall–Kier alpha value is -0.780. The lowest BCUT2D eigenvalue weighted by molar-refractivity contribution is -0.00698. The summed E-state index contributed by atoms with van der Waals surface area (Å²) in [5.74, 6) is 4.24. The van der Waals surface area contributed by atoms with Gasteiger partial charge < -0.3 is 11.1 Å². The molecule has 0 radical (unpaired) electrons. The summed E-state index contributed by atoms with van der Waals surface area (Å²) in [6, 6.07) is 8.69. The van der Waals surface area contributed by atoms with Gasteiger partial charge in [0.25, 0.3) is 0 Å². The van der Waals surface area contributed by atoms with E-state index in [9.17, 15) is 0 Å². The maximum absolute atomic E-state index is 6.19. The van der Waals surface area contributed by atoms with Gasteiger partial charge in [-0.05, 0) is 90.5 Å². The summed E-state index contributed by atoms with van der Waals surface area (Å²) in [7, 11) is 0. The average Bonchev–Trinajstić information content (AvgIpc) is 2.44. The fourth-order valence-electron chi connectivity index (χ4n) is 5.04. The maximum atomic E-state index is 6.19. The number of para-hydroxylation sites is 1. The van der Waals surface area contributed by atoms with E-state index in [1.807, 2.05) is 18.2 Å². The monoisotopic (exact) mass is 395 g/mol. The second kappa shape index (κ2) is 5.45. The zero-order valence-corrected chi connectivity index (χ0v) is 14.3. The highest BCUT2D eigenvalue weighted by Gasteiger charge is 2.48. The molecule has 4 aliphatic rings. The standard InChI is InChI=1S/C17H22IN3/c18-14-3-1-2-4-15(14)20-17(19)21-16-12-6-10-5-11(8-12)9-13(16)7-10/h1-4,10-13,16H,5-9H2,(H3,19,20,21). The van der Waals surface area contributed by atoms with Gasteiger partial charge in [-0.15, -0.1) is 0 Å². The Balaban J connectivity index is 1.50. The van der Waals surface area contributed by atoms with Crippen LogP contribution in [0.4, 0.5) is 5.69 Å². The number of nitrogens with one attached hydrogen (secondary N) is 1. The molecule has 1 aromatic rings. The molecule has 3 nitrogen and oxygen atoms in total. The van der Waals surface area contributed by atoms with E-state index in [0.29, 0.717) is 12.0 Å². The molecule has 21 heavy (non-hydrogen) atoms. The number of guanidine groups is 1. The molecule has 112 valence electrons. The first-order valence-electron chi connectivity index (χ1n) is 8.04. The molecule has 0 saturated heterocycles. The van der Waals surface area contributed by atoms with Crippen LogP contribution in [0.25, 0.3) is 0 Å². The van der Waals surface area contributed by atoms with Crippen molar-refractivity contribution < 1.29 is 0 Å². The number of aliphatic imine (C=N–C) groups is 1. The highest BCUT2D eigenvalue weighted by atomic mass is 127. The van der Waals surface area contributed by atoms with Gasteiger partial charge in [0.2, 0.25) is 0 Å². The molecule has 4 bridgehead atoms. The molecule has 4 aliphatic carbocycles. The van der Waals surface area contributed by atoms with Gasteiger partial charge in [-0.3, -0.25) is 0 Å². The summed E-state index contributed by atoms with van der Waals surface area (Å²) in [4.78, 5) is 4.59. The number of rotatable bonds is 2. The van der Waals surface area contributed by atoms with Crippen LogP contribution in [0.2, 0.25) is 0 Å². The van der Waals surface area contributed by atoms with Crippen molar-refractivity contribution in [1.82, 2.24) is 5.32 Å². The Morgan fingerprint density at radius 2 is 1.67 bits per heavy atom.